The molecule has 0 radical (unpaired) electrons. The van der Waals surface area contributed by atoms with E-state index in [1.165, 1.54) is 7.11 Å². The first-order valence-corrected chi connectivity index (χ1v) is 8.10. The van der Waals surface area contributed by atoms with Crippen molar-refractivity contribution in [3.8, 4) is 0 Å². The Bertz CT molecular complexity index is 537. The normalized spacial score (nSPS) is 17.0. The van der Waals surface area contributed by atoms with E-state index in [0.29, 0.717) is 6.42 Å². The molecule has 0 saturated heterocycles. The molecule has 1 saturated carbocycles. The highest BCUT2D eigenvalue weighted by Crippen LogP contribution is 2.44. The van der Waals surface area contributed by atoms with Crippen molar-refractivity contribution in [3.63, 3.8) is 0 Å². The lowest BCUT2D eigenvalue weighted by atomic mass is 9.75. The van der Waals surface area contributed by atoms with E-state index in [-0.39, 0.29) is 5.92 Å². The first-order valence-electron chi connectivity index (χ1n) is 8.10. The lowest BCUT2D eigenvalue weighted by Gasteiger charge is -2.41. The van der Waals surface area contributed by atoms with Gasteiger partial charge in [-0.1, -0.05) is 44.2 Å². The number of ether oxygens (including phenoxy) is 2. The lowest BCUT2D eigenvalue weighted by molar-refractivity contribution is -0.143. The number of esters is 1. The number of nitrogens with one attached hydrogen (secondary N) is 1. The molecule has 1 aliphatic carbocycles. The van der Waals surface area contributed by atoms with Crippen LogP contribution in [0.25, 0.3) is 0 Å². The van der Waals surface area contributed by atoms with Crippen LogP contribution in [0.3, 0.4) is 0 Å². The van der Waals surface area contributed by atoms with E-state index in [0.717, 1.165) is 24.8 Å². The number of carbonyl (C=O) groups excluding carboxylic acids is 2. The minimum atomic E-state index is -0.680. The van der Waals surface area contributed by atoms with Crippen LogP contribution in [0, 0.1) is 5.92 Å². The van der Waals surface area contributed by atoms with E-state index >= 15 is 0 Å². The van der Waals surface area contributed by atoms with Crippen molar-refractivity contribution >= 4 is 12.1 Å². The predicted molar refractivity (Wildman–Crippen MR) is 86.8 cm³/mol. The van der Waals surface area contributed by atoms with Crippen molar-refractivity contribution in [2.24, 2.45) is 5.92 Å². The molecular formula is C18H25NO4. The molecule has 1 amide bonds. The van der Waals surface area contributed by atoms with Gasteiger partial charge in [-0.25, -0.2) is 9.59 Å². The second-order valence-corrected chi connectivity index (χ2v) is 6.45. The summed E-state index contributed by atoms with van der Waals surface area (Å²) in [7, 11) is 1.32. The fraction of sp³-hybridized carbons (Fsp3) is 0.556. The van der Waals surface area contributed by atoms with Gasteiger partial charge in [0.2, 0.25) is 0 Å². The molecule has 0 spiro atoms. The topological polar surface area (TPSA) is 64.6 Å². The molecule has 0 aromatic heterocycles. The summed E-state index contributed by atoms with van der Waals surface area (Å²) in [6.45, 7) is 3.97. The zero-order valence-electron chi connectivity index (χ0n) is 14.0. The van der Waals surface area contributed by atoms with Crippen LogP contribution in [0.15, 0.2) is 30.3 Å². The molecule has 1 aromatic carbocycles. The van der Waals surface area contributed by atoms with E-state index in [9.17, 15) is 9.59 Å². The van der Waals surface area contributed by atoms with Crippen LogP contribution in [-0.4, -0.2) is 25.2 Å². The Labute approximate surface area is 137 Å². The van der Waals surface area contributed by atoms with Gasteiger partial charge in [0.05, 0.1) is 7.11 Å². The van der Waals surface area contributed by atoms with Crippen LogP contribution in [0.2, 0.25) is 0 Å². The van der Waals surface area contributed by atoms with Crippen LogP contribution in [-0.2, 0) is 19.9 Å². The second-order valence-electron chi connectivity index (χ2n) is 6.45. The largest absolute Gasteiger partial charge is 0.467 e. The fourth-order valence-corrected chi connectivity index (χ4v) is 2.87. The molecular weight excluding hydrogens is 294 g/mol. The lowest BCUT2D eigenvalue weighted by Crippen LogP contribution is -2.47. The molecule has 1 atom stereocenters. The zero-order chi connectivity index (χ0) is 16.9. The summed E-state index contributed by atoms with van der Waals surface area (Å²) < 4.78 is 10.5. The summed E-state index contributed by atoms with van der Waals surface area (Å²) in [5, 5.41) is 2.66. The Morgan fingerprint density at radius 2 is 1.87 bits per heavy atom. The summed E-state index contributed by atoms with van der Waals surface area (Å²) in [6, 6.07) is 9.07. The van der Waals surface area contributed by atoms with Gasteiger partial charge in [-0.15, -0.1) is 0 Å². The quantitative estimate of drug-likeness (QED) is 0.816. The van der Waals surface area contributed by atoms with Gasteiger partial charge in [-0.05, 0) is 37.2 Å². The summed E-state index contributed by atoms with van der Waals surface area (Å²) in [4.78, 5) is 24.1. The predicted octanol–water partition coefficient (Wildman–Crippen LogP) is 3.38. The first kappa shape index (κ1) is 17.3. The van der Waals surface area contributed by atoms with E-state index in [1.807, 2.05) is 44.2 Å². The minimum absolute atomic E-state index is 0.256. The summed E-state index contributed by atoms with van der Waals surface area (Å²) >= 11 is 0. The van der Waals surface area contributed by atoms with Crippen molar-refractivity contribution in [1.82, 2.24) is 5.32 Å². The van der Waals surface area contributed by atoms with Crippen molar-refractivity contribution in [1.29, 1.82) is 0 Å². The van der Waals surface area contributed by atoms with Gasteiger partial charge in [-0.3, -0.25) is 0 Å². The van der Waals surface area contributed by atoms with Gasteiger partial charge < -0.3 is 14.8 Å². The van der Waals surface area contributed by atoms with Crippen molar-refractivity contribution in [2.75, 3.05) is 7.11 Å². The number of amides is 1. The maximum absolute atomic E-state index is 12.3. The molecule has 126 valence electrons. The fourth-order valence-electron chi connectivity index (χ4n) is 2.87. The molecule has 23 heavy (non-hydrogen) atoms. The summed E-state index contributed by atoms with van der Waals surface area (Å²) in [6.07, 6.45) is 2.58. The smallest absolute Gasteiger partial charge is 0.408 e. The molecule has 1 N–H and O–H groups in total. The average Bonchev–Trinajstić information content (AvgIpc) is 2.50. The Morgan fingerprint density at radius 3 is 2.35 bits per heavy atom. The van der Waals surface area contributed by atoms with Gasteiger partial charge in [0.1, 0.15) is 11.6 Å². The molecule has 0 unspecified atom stereocenters. The summed E-state index contributed by atoms with van der Waals surface area (Å²) in [5.41, 5.74) is 0.434. The van der Waals surface area contributed by atoms with E-state index < -0.39 is 23.7 Å². The molecule has 0 bridgehead atoms. The molecule has 5 heteroatoms. The van der Waals surface area contributed by atoms with E-state index in [4.69, 9.17) is 9.47 Å². The number of rotatable bonds is 6. The van der Waals surface area contributed by atoms with Crippen molar-refractivity contribution in [2.45, 2.75) is 51.2 Å². The number of hydrogen-bond donors (Lipinski definition) is 1. The number of methoxy groups -OCH3 is 1. The van der Waals surface area contributed by atoms with Gasteiger partial charge >= 0.3 is 12.1 Å². The highest BCUT2D eigenvalue weighted by atomic mass is 16.6. The Balaban J connectivity index is 2.03. The van der Waals surface area contributed by atoms with E-state index in [2.05, 4.69) is 5.32 Å². The van der Waals surface area contributed by atoms with Gasteiger partial charge in [-0.2, -0.15) is 0 Å². The van der Waals surface area contributed by atoms with Crippen molar-refractivity contribution < 1.29 is 19.1 Å². The monoisotopic (exact) mass is 319 g/mol. The third-order valence-electron chi connectivity index (χ3n) is 4.23. The third-order valence-corrected chi connectivity index (χ3v) is 4.23. The van der Waals surface area contributed by atoms with Crippen molar-refractivity contribution in [3.05, 3.63) is 35.9 Å². The Kier molecular flexibility index (Phi) is 5.64. The highest BCUT2D eigenvalue weighted by Gasteiger charge is 2.43. The van der Waals surface area contributed by atoms with Gasteiger partial charge in [0.15, 0.2) is 0 Å². The Morgan fingerprint density at radius 1 is 1.22 bits per heavy atom. The van der Waals surface area contributed by atoms with Crippen LogP contribution in [0.1, 0.15) is 45.1 Å². The third kappa shape index (κ3) is 4.24. The first-order chi connectivity index (χ1) is 11.0. The SMILES string of the molecule is COC(=O)[C@H](CC(C)C)NC(=O)OC1(c2ccccc2)CCC1. The second kappa shape index (κ2) is 7.49. The van der Waals surface area contributed by atoms with E-state index in [1.54, 1.807) is 0 Å². The van der Waals surface area contributed by atoms with Crippen LogP contribution < -0.4 is 5.32 Å². The molecule has 1 aliphatic rings. The molecule has 5 nitrogen and oxygen atoms in total. The summed E-state index contributed by atoms with van der Waals surface area (Å²) in [5.74, 6) is -0.191. The number of hydrogen-bond acceptors (Lipinski definition) is 4. The maximum atomic E-state index is 12.3. The molecule has 1 aromatic rings. The molecule has 0 aliphatic heterocycles. The zero-order valence-corrected chi connectivity index (χ0v) is 14.0. The minimum Gasteiger partial charge on any atom is -0.467 e. The van der Waals surface area contributed by atoms with Crippen LogP contribution >= 0.6 is 0 Å². The maximum Gasteiger partial charge on any atom is 0.408 e. The number of benzene rings is 1. The van der Waals surface area contributed by atoms with Gasteiger partial charge in [0, 0.05) is 0 Å². The molecule has 1 fully saturated rings. The number of carbonyl (C=O) groups is 2. The molecule has 0 heterocycles. The molecule has 2 rings (SSSR count). The highest BCUT2D eigenvalue weighted by molar-refractivity contribution is 5.81. The van der Waals surface area contributed by atoms with Gasteiger partial charge in [0.25, 0.3) is 0 Å². The number of alkyl carbamates (subject to hydrolysis) is 1. The van der Waals surface area contributed by atoms with Crippen LogP contribution in [0.5, 0.6) is 0 Å². The standard InChI is InChI=1S/C18H25NO4/c1-13(2)12-15(16(20)22-3)19-17(21)23-18(10-7-11-18)14-8-5-4-6-9-14/h4-6,8-9,13,15H,7,10-12H2,1-3H3,(H,19,21)/t15-/m0/s1. The average molecular weight is 319 g/mol. The van der Waals surface area contributed by atoms with Crippen LogP contribution in [0.4, 0.5) is 4.79 Å². The Hall–Kier alpha value is -2.04.